The van der Waals surface area contributed by atoms with Crippen LogP contribution < -0.4 is 5.32 Å². The highest BCUT2D eigenvalue weighted by Crippen LogP contribution is 2.29. The minimum Gasteiger partial charge on any atom is -0.351 e. The van der Waals surface area contributed by atoms with Crippen molar-refractivity contribution in [3.05, 3.63) is 95.0 Å². The molecule has 1 aliphatic carbocycles. The van der Waals surface area contributed by atoms with Crippen molar-refractivity contribution in [3.8, 4) is 0 Å². The van der Waals surface area contributed by atoms with Gasteiger partial charge >= 0.3 is 0 Å². The molecule has 180 valence electrons. The third-order valence-electron chi connectivity index (χ3n) is 7.00. The van der Waals surface area contributed by atoms with Crippen molar-refractivity contribution in [2.45, 2.75) is 44.2 Å². The number of carbonyl (C=O) groups is 2. The molecule has 2 heterocycles. The van der Waals surface area contributed by atoms with Crippen LogP contribution >= 0.6 is 11.3 Å². The first-order valence-electron chi connectivity index (χ1n) is 12.3. The Labute approximate surface area is 210 Å². The minimum atomic E-state index is -0.694. The summed E-state index contributed by atoms with van der Waals surface area (Å²) in [4.78, 5) is 29.7. The lowest BCUT2D eigenvalue weighted by Gasteiger charge is -2.32. The lowest BCUT2D eigenvalue weighted by atomic mass is 10.0. The Morgan fingerprint density at radius 3 is 2.40 bits per heavy atom. The van der Waals surface area contributed by atoms with E-state index in [0.717, 1.165) is 47.0 Å². The second-order valence-corrected chi connectivity index (χ2v) is 10.2. The monoisotopic (exact) mass is 485 g/mol. The Balaban J connectivity index is 1.53. The summed E-state index contributed by atoms with van der Waals surface area (Å²) in [6.07, 6.45) is 4.94. The minimum absolute atomic E-state index is 0.0967. The standard InChI is InChI=1S/C29H31N3O2S/c1-31-24-17-19-35-26(24)20-25(31)29(34)32(18-16-21-10-4-2-5-11-21)27(22-12-6-3-7-13-22)28(33)30-23-14-8-9-15-23/h2-7,10-13,17,19-20,23,27H,8-9,14-16,18H2,1H3,(H,30,33). The SMILES string of the molecule is Cn1c(C(=O)N(CCc2ccccc2)C(C(=O)NC2CCCC2)c2ccccc2)cc2sccc21. The van der Waals surface area contributed by atoms with Gasteiger partial charge in [-0.2, -0.15) is 0 Å². The average Bonchev–Trinajstić information content (AvgIpc) is 3.62. The van der Waals surface area contributed by atoms with E-state index in [2.05, 4.69) is 17.4 Å². The molecule has 5 rings (SSSR count). The number of nitrogens with zero attached hydrogens (tertiary/aromatic N) is 2. The molecule has 35 heavy (non-hydrogen) atoms. The lowest BCUT2D eigenvalue weighted by Crippen LogP contribution is -2.47. The van der Waals surface area contributed by atoms with Gasteiger partial charge in [-0.3, -0.25) is 9.59 Å². The lowest BCUT2D eigenvalue weighted by molar-refractivity contribution is -0.126. The first-order valence-corrected chi connectivity index (χ1v) is 13.2. The Bertz CT molecular complexity index is 1290. The number of carbonyl (C=O) groups excluding carboxylic acids is 2. The summed E-state index contributed by atoms with van der Waals surface area (Å²) >= 11 is 1.62. The fourth-order valence-electron chi connectivity index (χ4n) is 5.10. The molecule has 1 aliphatic rings. The molecule has 1 atom stereocenters. The maximum absolute atomic E-state index is 14.1. The Morgan fingerprint density at radius 2 is 1.71 bits per heavy atom. The number of rotatable bonds is 8. The largest absolute Gasteiger partial charge is 0.351 e. The predicted octanol–water partition coefficient (Wildman–Crippen LogP) is 5.72. The molecule has 2 aromatic carbocycles. The van der Waals surface area contributed by atoms with Crippen LogP contribution in [0.3, 0.4) is 0 Å². The molecule has 0 saturated heterocycles. The van der Waals surface area contributed by atoms with Gasteiger partial charge in [-0.05, 0) is 47.9 Å². The number of nitrogens with one attached hydrogen (secondary N) is 1. The van der Waals surface area contributed by atoms with Gasteiger partial charge in [-0.25, -0.2) is 0 Å². The van der Waals surface area contributed by atoms with E-state index in [-0.39, 0.29) is 17.9 Å². The highest BCUT2D eigenvalue weighted by atomic mass is 32.1. The number of thiophene rings is 1. The van der Waals surface area contributed by atoms with Gasteiger partial charge in [-0.15, -0.1) is 11.3 Å². The smallest absolute Gasteiger partial charge is 0.271 e. The molecule has 5 nitrogen and oxygen atoms in total. The van der Waals surface area contributed by atoms with Crippen LogP contribution in [0.25, 0.3) is 10.2 Å². The van der Waals surface area contributed by atoms with Crippen LogP contribution in [0.1, 0.15) is 53.3 Å². The van der Waals surface area contributed by atoms with E-state index in [1.807, 2.05) is 77.7 Å². The fraction of sp³-hybridized carbons (Fsp3) is 0.310. The number of fused-ring (bicyclic) bond motifs is 1. The van der Waals surface area contributed by atoms with Crippen molar-refractivity contribution < 1.29 is 9.59 Å². The molecule has 2 amide bonds. The zero-order chi connectivity index (χ0) is 24.2. The third kappa shape index (κ3) is 5.03. The van der Waals surface area contributed by atoms with E-state index in [4.69, 9.17) is 0 Å². The van der Waals surface area contributed by atoms with Crippen molar-refractivity contribution in [1.82, 2.24) is 14.8 Å². The average molecular weight is 486 g/mol. The van der Waals surface area contributed by atoms with Gasteiger partial charge < -0.3 is 14.8 Å². The van der Waals surface area contributed by atoms with Crippen LogP contribution in [0.2, 0.25) is 0 Å². The highest BCUT2D eigenvalue weighted by Gasteiger charge is 2.34. The second kappa shape index (κ2) is 10.5. The van der Waals surface area contributed by atoms with E-state index in [1.54, 1.807) is 16.2 Å². The van der Waals surface area contributed by atoms with Crippen molar-refractivity contribution in [3.63, 3.8) is 0 Å². The van der Waals surface area contributed by atoms with Crippen LogP contribution in [0.5, 0.6) is 0 Å². The molecular formula is C29H31N3O2S. The summed E-state index contributed by atoms with van der Waals surface area (Å²) in [5, 5.41) is 5.30. The molecule has 1 saturated carbocycles. The number of hydrogen-bond donors (Lipinski definition) is 1. The van der Waals surface area contributed by atoms with E-state index in [1.165, 1.54) is 0 Å². The zero-order valence-electron chi connectivity index (χ0n) is 20.0. The molecular weight excluding hydrogens is 454 g/mol. The normalized spacial score (nSPS) is 14.8. The molecule has 1 fully saturated rings. The first-order chi connectivity index (χ1) is 17.1. The molecule has 0 bridgehead atoms. The topological polar surface area (TPSA) is 54.3 Å². The van der Waals surface area contributed by atoms with Gasteiger partial charge in [-0.1, -0.05) is 73.5 Å². The van der Waals surface area contributed by atoms with Crippen LogP contribution in [-0.2, 0) is 18.3 Å². The molecule has 1 unspecified atom stereocenters. The highest BCUT2D eigenvalue weighted by molar-refractivity contribution is 7.17. The quantitative estimate of drug-likeness (QED) is 0.347. The van der Waals surface area contributed by atoms with Gasteiger partial charge in [0, 0.05) is 19.6 Å². The molecule has 4 aromatic rings. The summed E-state index contributed by atoms with van der Waals surface area (Å²) in [6.45, 7) is 0.444. The summed E-state index contributed by atoms with van der Waals surface area (Å²) < 4.78 is 3.02. The number of aryl methyl sites for hydroxylation is 1. The molecule has 2 aromatic heterocycles. The van der Waals surface area contributed by atoms with Crippen molar-refractivity contribution >= 4 is 33.4 Å². The van der Waals surface area contributed by atoms with Gasteiger partial charge in [0.05, 0.1) is 10.2 Å². The van der Waals surface area contributed by atoms with Crippen LogP contribution in [-0.4, -0.2) is 33.9 Å². The summed E-state index contributed by atoms with van der Waals surface area (Å²) in [6, 6.07) is 23.3. The fourth-order valence-corrected chi connectivity index (χ4v) is 5.95. The zero-order valence-corrected chi connectivity index (χ0v) is 20.8. The Hall–Kier alpha value is -3.38. The molecule has 0 radical (unpaired) electrons. The summed E-state index contributed by atoms with van der Waals surface area (Å²) in [5.74, 6) is -0.220. The molecule has 0 spiro atoms. The molecule has 0 aliphatic heterocycles. The molecule has 1 N–H and O–H groups in total. The maximum atomic E-state index is 14.1. The number of aromatic nitrogens is 1. The van der Waals surface area contributed by atoms with Gasteiger partial charge in [0.2, 0.25) is 5.91 Å². The summed E-state index contributed by atoms with van der Waals surface area (Å²) in [5.41, 5.74) is 3.61. The van der Waals surface area contributed by atoms with Gasteiger partial charge in [0.1, 0.15) is 11.7 Å². The van der Waals surface area contributed by atoms with Crippen molar-refractivity contribution in [1.29, 1.82) is 0 Å². The van der Waals surface area contributed by atoms with Gasteiger partial charge in [0.15, 0.2) is 0 Å². The predicted molar refractivity (Wildman–Crippen MR) is 142 cm³/mol. The van der Waals surface area contributed by atoms with E-state index >= 15 is 0 Å². The Kier molecular flexibility index (Phi) is 7.00. The molecule has 6 heteroatoms. The van der Waals surface area contributed by atoms with Crippen molar-refractivity contribution in [2.24, 2.45) is 7.05 Å². The Morgan fingerprint density at radius 1 is 1.03 bits per heavy atom. The first kappa shape index (κ1) is 23.4. The van der Waals surface area contributed by atoms with E-state index in [0.29, 0.717) is 18.7 Å². The number of amides is 2. The van der Waals surface area contributed by atoms with Crippen molar-refractivity contribution in [2.75, 3.05) is 6.54 Å². The van der Waals surface area contributed by atoms with Gasteiger partial charge in [0.25, 0.3) is 5.91 Å². The van der Waals surface area contributed by atoms with Crippen LogP contribution in [0.15, 0.2) is 78.2 Å². The van der Waals surface area contributed by atoms with E-state index in [9.17, 15) is 9.59 Å². The third-order valence-corrected chi connectivity index (χ3v) is 7.86. The number of hydrogen-bond acceptors (Lipinski definition) is 3. The van der Waals surface area contributed by atoms with Crippen LogP contribution in [0.4, 0.5) is 0 Å². The van der Waals surface area contributed by atoms with Crippen LogP contribution in [0, 0.1) is 0 Å². The number of benzene rings is 2. The van der Waals surface area contributed by atoms with E-state index < -0.39 is 6.04 Å². The second-order valence-electron chi connectivity index (χ2n) is 9.30. The summed E-state index contributed by atoms with van der Waals surface area (Å²) in [7, 11) is 1.92. The maximum Gasteiger partial charge on any atom is 0.271 e.